The quantitative estimate of drug-likeness (QED) is 0.533. The highest BCUT2D eigenvalue weighted by atomic mass is 79.9. The predicted octanol–water partition coefficient (Wildman–Crippen LogP) is 5.46. The van der Waals surface area contributed by atoms with E-state index >= 15 is 0 Å². The molecular weight excluding hydrogens is 294 g/mol. The fourth-order valence-electron chi connectivity index (χ4n) is 0.909. The van der Waals surface area contributed by atoms with E-state index in [-0.39, 0.29) is 4.75 Å². The Bertz CT molecular complexity index is 262. The third-order valence-corrected chi connectivity index (χ3v) is 2.51. The number of rotatable bonds is 5. The van der Waals surface area contributed by atoms with E-state index in [4.69, 9.17) is 0 Å². The van der Waals surface area contributed by atoms with Gasteiger partial charge in [-0.3, -0.25) is 4.72 Å². The van der Waals surface area contributed by atoms with Gasteiger partial charge < -0.3 is 0 Å². The molecule has 1 nitrogen and oxygen atoms in total. The smallest absolute Gasteiger partial charge is 0.0310 e. The molecule has 0 aliphatic carbocycles. The van der Waals surface area contributed by atoms with Crippen LogP contribution in [0.2, 0.25) is 0 Å². The number of nitrogens with one attached hydrogen (secondary N) is 1. The Morgan fingerprint density at radius 3 is 2.24 bits per heavy atom. The molecule has 3 heteroatoms. The van der Waals surface area contributed by atoms with Crippen LogP contribution in [0, 0.1) is 0 Å². The molecule has 0 rings (SSSR count). The minimum atomic E-state index is 0.243. The van der Waals surface area contributed by atoms with E-state index in [9.17, 15) is 0 Å². The maximum atomic E-state index is 3.81. The zero-order chi connectivity index (χ0) is 13.9. The standard InChI is InChI=1S/C12H20BrNS.C2H6/c1-6-7-11(8-10(2)13)9-14-15-12(3,4)5;1-2/h6-8,14H,2,9H2,1,3-5H3;1-2H3/b7-6-,11-8+;. The maximum Gasteiger partial charge on any atom is 0.0310 e. The summed E-state index contributed by atoms with van der Waals surface area (Å²) in [5.74, 6) is 0. The van der Waals surface area contributed by atoms with Crippen LogP contribution in [-0.2, 0) is 0 Å². The summed E-state index contributed by atoms with van der Waals surface area (Å²) < 4.78 is 4.49. The molecule has 0 fully saturated rings. The lowest BCUT2D eigenvalue weighted by molar-refractivity contribution is 0.793. The lowest BCUT2D eigenvalue weighted by atomic mass is 10.2. The van der Waals surface area contributed by atoms with Crippen molar-refractivity contribution in [3.05, 3.63) is 34.9 Å². The van der Waals surface area contributed by atoms with E-state index in [1.165, 1.54) is 5.57 Å². The SMILES string of the molecule is C=C(Br)/C=C(\C=C/C)CNSC(C)(C)C.CC. The first kappa shape index (κ1) is 19.4. The molecule has 100 valence electrons. The fraction of sp³-hybridized carbons (Fsp3) is 0.571. The van der Waals surface area contributed by atoms with Gasteiger partial charge in [-0.1, -0.05) is 60.5 Å². The molecule has 0 aromatic carbocycles. The third-order valence-electron chi connectivity index (χ3n) is 1.38. The molecule has 1 N–H and O–H groups in total. The molecule has 0 aromatic heterocycles. The number of allylic oxidation sites excluding steroid dienone is 3. The average molecular weight is 320 g/mol. The zero-order valence-corrected chi connectivity index (χ0v) is 14.3. The minimum Gasteiger partial charge on any atom is -0.259 e. The lowest BCUT2D eigenvalue weighted by Gasteiger charge is -2.17. The summed E-state index contributed by atoms with van der Waals surface area (Å²) in [5.41, 5.74) is 1.22. The van der Waals surface area contributed by atoms with Crippen molar-refractivity contribution >= 4 is 27.9 Å². The second-order valence-corrected chi connectivity index (χ2v) is 6.94. The second kappa shape index (κ2) is 11.1. The third kappa shape index (κ3) is 16.0. The van der Waals surface area contributed by atoms with Gasteiger partial charge in [0.2, 0.25) is 0 Å². The average Bonchev–Trinajstić information content (AvgIpc) is 2.18. The first-order chi connectivity index (χ1) is 7.85. The van der Waals surface area contributed by atoms with Crippen molar-refractivity contribution in [3.63, 3.8) is 0 Å². The molecule has 0 aliphatic heterocycles. The van der Waals surface area contributed by atoms with Gasteiger partial charge in [0.05, 0.1) is 0 Å². The maximum absolute atomic E-state index is 3.81. The van der Waals surface area contributed by atoms with Crippen molar-refractivity contribution in [1.29, 1.82) is 0 Å². The minimum absolute atomic E-state index is 0.243. The highest BCUT2D eigenvalue weighted by molar-refractivity contribution is 9.11. The van der Waals surface area contributed by atoms with Gasteiger partial charge in [0.1, 0.15) is 0 Å². The van der Waals surface area contributed by atoms with E-state index in [0.29, 0.717) is 0 Å². The van der Waals surface area contributed by atoms with Crippen molar-refractivity contribution in [1.82, 2.24) is 4.72 Å². The molecule has 0 heterocycles. The summed E-state index contributed by atoms with van der Waals surface area (Å²) in [6.45, 7) is 17.2. The Kier molecular flexibility index (Phi) is 12.7. The second-order valence-electron chi connectivity index (χ2n) is 4.20. The van der Waals surface area contributed by atoms with Crippen LogP contribution in [0.4, 0.5) is 0 Å². The topological polar surface area (TPSA) is 12.0 Å². The van der Waals surface area contributed by atoms with Gasteiger partial charge >= 0.3 is 0 Å². The lowest BCUT2D eigenvalue weighted by Crippen LogP contribution is -2.18. The Balaban J connectivity index is 0. The number of hydrogen-bond acceptors (Lipinski definition) is 2. The molecule has 0 atom stereocenters. The predicted molar refractivity (Wildman–Crippen MR) is 87.7 cm³/mol. The molecule has 0 amide bonds. The van der Waals surface area contributed by atoms with Crippen LogP contribution in [0.3, 0.4) is 0 Å². The zero-order valence-electron chi connectivity index (χ0n) is 11.9. The summed E-state index contributed by atoms with van der Waals surface area (Å²) >= 11 is 5.08. The van der Waals surface area contributed by atoms with Gasteiger partial charge in [-0.15, -0.1) is 0 Å². The number of halogens is 1. The van der Waals surface area contributed by atoms with Crippen LogP contribution in [0.25, 0.3) is 0 Å². The summed E-state index contributed by atoms with van der Waals surface area (Å²) in [4.78, 5) is 0. The molecular formula is C14H26BrNS. The molecule has 0 aliphatic rings. The normalized spacial score (nSPS) is 12.3. The molecule has 0 bridgehead atoms. The van der Waals surface area contributed by atoms with E-state index in [0.717, 1.165) is 11.0 Å². The van der Waals surface area contributed by atoms with Crippen LogP contribution in [0.1, 0.15) is 41.5 Å². The summed E-state index contributed by atoms with van der Waals surface area (Å²) in [6.07, 6.45) is 6.14. The fourth-order valence-corrected chi connectivity index (χ4v) is 1.88. The molecule has 0 saturated heterocycles. The van der Waals surface area contributed by atoms with Gasteiger partial charge in [0.15, 0.2) is 0 Å². The van der Waals surface area contributed by atoms with Crippen LogP contribution < -0.4 is 4.72 Å². The van der Waals surface area contributed by atoms with Crippen molar-refractivity contribution in [2.45, 2.75) is 46.3 Å². The Morgan fingerprint density at radius 2 is 1.88 bits per heavy atom. The van der Waals surface area contributed by atoms with Crippen molar-refractivity contribution < 1.29 is 0 Å². The van der Waals surface area contributed by atoms with E-state index in [2.05, 4.69) is 54.1 Å². The molecule has 0 radical (unpaired) electrons. The largest absolute Gasteiger partial charge is 0.259 e. The van der Waals surface area contributed by atoms with E-state index in [1.54, 1.807) is 11.9 Å². The molecule has 0 aromatic rings. The summed E-state index contributed by atoms with van der Waals surface area (Å²) in [7, 11) is 0. The highest BCUT2D eigenvalue weighted by Gasteiger charge is 2.09. The monoisotopic (exact) mass is 319 g/mol. The van der Waals surface area contributed by atoms with Gasteiger partial charge in [0.25, 0.3) is 0 Å². The first-order valence-electron chi connectivity index (χ1n) is 5.93. The van der Waals surface area contributed by atoms with Crippen LogP contribution in [0.15, 0.2) is 34.9 Å². The highest BCUT2D eigenvalue weighted by Crippen LogP contribution is 2.20. The van der Waals surface area contributed by atoms with E-state index < -0.39 is 0 Å². The number of hydrogen-bond donors (Lipinski definition) is 1. The van der Waals surface area contributed by atoms with Gasteiger partial charge in [0, 0.05) is 15.8 Å². The Hall–Kier alpha value is 0.01000. The van der Waals surface area contributed by atoms with Crippen LogP contribution in [0.5, 0.6) is 0 Å². The van der Waals surface area contributed by atoms with Crippen LogP contribution >= 0.6 is 27.9 Å². The Labute approximate surface area is 120 Å². The summed E-state index contributed by atoms with van der Waals surface area (Å²) in [5, 5.41) is 0. The van der Waals surface area contributed by atoms with Crippen LogP contribution in [-0.4, -0.2) is 11.3 Å². The Morgan fingerprint density at radius 1 is 1.35 bits per heavy atom. The molecule has 17 heavy (non-hydrogen) atoms. The van der Waals surface area contributed by atoms with Gasteiger partial charge in [-0.25, -0.2) is 0 Å². The van der Waals surface area contributed by atoms with Gasteiger partial charge in [-0.2, -0.15) is 0 Å². The molecule has 0 saturated carbocycles. The summed E-state index contributed by atoms with van der Waals surface area (Å²) in [6, 6.07) is 0. The first-order valence-corrected chi connectivity index (χ1v) is 7.54. The van der Waals surface area contributed by atoms with E-state index in [1.807, 2.05) is 32.9 Å². The van der Waals surface area contributed by atoms with Crippen molar-refractivity contribution in [3.8, 4) is 0 Å². The van der Waals surface area contributed by atoms with Gasteiger partial charge in [-0.05, 0) is 39.3 Å². The molecule has 0 spiro atoms. The molecule has 0 unspecified atom stereocenters. The van der Waals surface area contributed by atoms with Crippen molar-refractivity contribution in [2.24, 2.45) is 0 Å². The van der Waals surface area contributed by atoms with Crippen molar-refractivity contribution in [2.75, 3.05) is 6.54 Å².